The Labute approximate surface area is 230 Å². The molecule has 0 amide bonds. The molecule has 0 aliphatic heterocycles. The average Bonchev–Trinajstić information content (AvgIpc) is 3.29. The number of fused-ring (bicyclic) bond motifs is 5. The van der Waals surface area contributed by atoms with Gasteiger partial charge in [0.15, 0.2) is 6.17 Å². The fourth-order valence-electron chi connectivity index (χ4n) is 10.4. The molecule has 6 nitrogen and oxygen atoms in total. The summed E-state index contributed by atoms with van der Waals surface area (Å²) in [6, 6.07) is 0. The number of hydrogen-bond acceptors (Lipinski definition) is 6. The number of carbonyl (C=O) groups excluding carboxylic acids is 1. The summed E-state index contributed by atoms with van der Waals surface area (Å²) in [6.07, 6.45) is 7.68. The number of rotatable bonds is 10. The van der Waals surface area contributed by atoms with E-state index in [1.54, 1.807) is 21.3 Å². The van der Waals surface area contributed by atoms with Crippen molar-refractivity contribution in [1.29, 1.82) is 0 Å². The molecule has 0 unspecified atom stereocenters. The van der Waals surface area contributed by atoms with Gasteiger partial charge in [-0.25, -0.2) is 9.18 Å². The van der Waals surface area contributed by atoms with E-state index in [1.165, 1.54) is 45.6 Å². The Morgan fingerprint density at radius 2 is 1.66 bits per heavy atom. The van der Waals surface area contributed by atoms with E-state index < -0.39 is 18.3 Å². The van der Waals surface area contributed by atoms with E-state index in [0.717, 1.165) is 31.1 Å². The highest BCUT2D eigenvalue weighted by Crippen LogP contribution is 2.70. The molecule has 4 rings (SSSR count). The minimum absolute atomic E-state index is 0.00682. The van der Waals surface area contributed by atoms with Crippen LogP contribution in [0.4, 0.5) is 4.39 Å². The summed E-state index contributed by atoms with van der Waals surface area (Å²) in [5.41, 5.74) is 0.0900. The molecule has 11 atom stereocenters. The quantitative estimate of drug-likeness (QED) is 0.225. The summed E-state index contributed by atoms with van der Waals surface area (Å²) in [4.78, 5) is 11.9. The van der Waals surface area contributed by atoms with Crippen molar-refractivity contribution in [3.05, 3.63) is 0 Å². The Hall–Kier alpha value is -0.760. The minimum atomic E-state index is -1.61. The number of esters is 1. The Morgan fingerprint density at radius 1 is 0.974 bits per heavy atom. The van der Waals surface area contributed by atoms with Gasteiger partial charge in [0.05, 0.1) is 13.2 Å². The Kier molecular flexibility index (Phi) is 9.23. The van der Waals surface area contributed by atoms with Gasteiger partial charge < -0.3 is 18.9 Å². The third kappa shape index (κ3) is 4.86. The zero-order valence-corrected chi connectivity index (χ0v) is 25.1. The summed E-state index contributed by atoms with van der Waals surface area (Å²) < 4.78 is 43.3. The lowest BCUT2D eigenvalue weighted by molar-refractivity contribution is -0.499. The first kappa shape index (κ1) is 30.2. The van der Waals surface area contributed by atoms with Crippen LogP contribution in [0.25, 0.3) is 0 Å². The van der Waals surface area contributed by atoms with Crippen LogP contribution >= 0.6 is 0 Å². The first-order chi connectivity index (χ1) is 18.0. The summed E-state index contributed by atoms with van der Waals surface area (Å²) in [5.74, 6) is 2.64. The minimum Gasteiger partial charge on any atom is -0.467 e. The summed E-state index contributed by atoms with van der Waals surface area (Å²) in [7, 11) is 5.89. The van der Waals surface area contributed by atoms with Gasteiger partial charge in [0.2, 0.25) is 0 Å². The van der Waals surface area contributed by atoms with E-state index in [4.69, 9.17) is 23.7 Å². The molecule has 0 bridgehead atoms. The lowest BCUT2D eigenvalue weighted by atomic mass is 9.41. The zero-order chi connectivity index (χ0) is 27.9. The lowest BCUT2D eigenvalue weighted by Gasteiger charge is -2.64. The van der Waals surface area contributed by atoms with Crippen LogP contribution in [-0.4, -0.2) is 52.8 Å². The van der Waals surface area contributed by atoms with Gasteiger partial charge in [-0.2, -0.15) is 0 Å². The van der Waals surface area contributed by atoms with E-state index in [-0.39, 0.29) is 29.8 Å². The van der Waals surface area contributed by atoms with Gasteiger partial charge in [-0.1, -0.05) is 47.0 Å². The van der Waals surface area contributed by atoms with Crippen molar-refractivity contribution < 1.29 is 32.9 Å². The maximum absolute atomic E-state index is 14.8. The molecule has 0 N–H and O–H groups in total. The predicted molar refractivity (Wildman–Crippen MR) is 144 cm³/mol. The smallest absolute Gasteiger partial charge is 0.412 e. The molecular weight excluding hydrogens is 487 g/mol. The SMILES string of the molecule is CC[C@H]1C[C@@H]2[C@H](C[C@H](OC(OC)(OC)OC)[C@]3(C)[C@@H]([C@H](C)C[C@@H](F)C(=O)OC)CC[C@@H]23)[C@@]2(C)CCCC[C@@H]12. The molecule has 4 aliphatic carbocycles. The molecule has 0 radical (unpaired) electrons. The Bertz CT molecular complexity index is 810. The van der Waals surface area contributed by atoms with Gasteiger partial charge in [0, 0.05) is 26.7 Å². The number of halogens is 1. The van der Waals surface area contributed by atoms with Crippen LogP contribution in [0, 0.1) is 52.3 Å². The highest BCUT2D eigenvalue weighted by atomic mass is 19.1. The van der Waals surface area contributed by atoms with Gasteiger partial charge in [0.25, 0.3) is 0 Å². The molecule has 220 valence electrons. The third-order valence-electron chi connectivity index (χ3n) is 12.2. The second kappa shape index (κ2) is 11.6. The molecule has 7 heteroatoms. The summed E-state index contributed by atoms with van der Waals surface area (Å²) in [6.45, 7) is 9.42. The van der Waals surface area contributed by atoms with Crippen LogP contribution in [0.2, 0.25) is 0 Å². The molecule has 4 fully saturated rings. The maximum Gasteiger partial charge on any atom is 0.412 e. The van der Waals surface area contributed by atoms with Crippen LogP contribution in [-0.2, 0) is 28.5 Å². The molecule has 0 aromatic heterocycles. The average molecular weight is 541 g/mol. The molecule has 38 heavy (non-hydrogen) atoms. The van der Waals surface area contributed by atoms with Gasteiger partial charge in [0.1, 0.15) is 0 Å². The van der Waals surface area contributed by atoms with Crippen molar-refractivity contribution in [3.8, 4) is 0 Å². The highest BCUT2D eigenvalue weighted by molar-refractivity contribution is 5.74. The van der Waals surface area contributed by atoms with Crippen LogP contribution in [0.5, 0.6) is 0 Å². The zero-order valence-electron chi connectivity index (χ0n) is 25.1. The van der Waals surface area contributed by atoms with E-state index in [9.17, 15) is 9.18 Å². The monoisotopic (exact) mass is 540 g/mol. The van der Waals surface area contributed by atoms with E-state index in [1.807, 2.05) is 0 Å². The van der Waals surface area contributed by atoms with Crippen molar-refractivity contribution in [2.45, 2.75) is 110 Å². The van der Waals surface area contributed by atoms with Crippen molar-refractivity contribution in [3.63, 3.8) is 0 Å². The van der Waals surface area contributed by atoms with Crippen LogP contribution in [0.1, 0.15) is 91.9 Å². The molecule has 0 saturated heterocycles. The van der Waals surface area contributed by atoms with Crippen LogP contribution in [0.3, 0.4) is 0 Å². The molecule has 0 aromatic rings. The number of alkyl halides is 1. The number of carbonyl (C=O) groups is 1. The Morgan fingerprint density at radius 3 is 2.26 bits per heavy atom. The van der Waals surface area contributed by atoms with Gasteiger partial charge in [-0.3, -0.25) is 4.74 Å². The van der Waals surface area contributed by atoms with Gasteiger partial charge in [-0.15, -0.1) is 0 Å². The van der Waals surface area contributed by atoms with Gasteiger partial charge in [-0.05, 0) is 91.8 Å². The number of hydrogen-bond donors (Lipinski definition) is 0. The molecule has 0 spiro atoms. The first-order valence-electron chi connectivity index (χ1n) is 15.1. The molecular formula is C31H53FO6. The fourth-order valence-corrected chi connectivity index (χ4v) is 10.4. The number of methoxy groups -OCH3 is 4. The topological polar surface area (TPSA) is 63.2 Å². The van der Waals surface area contributed by atoms with Gasteiger partial charge >= 0.3 is 12.1 Å². The third-order valence-corrected chi connectivity index (χ3v) is 12.2. The first-order valence-corrected chi connectivity index (χ1v) is 15.1. The van der Waals surface area contributed by atoms with E-state index >= 15 is 0 Å². The van der Waals surface area contributed by atoms with E-state index in [0.29, 0.717) is 23.2 Å². The van der Waals surface area contributed by atoms with Crippen molar-refractivity contribution >= 4 is 5.97 Å². The van der Waals surface area contributed by atoms with Crippen molar-refractivity contribution in [2.24, 2.45) is 52.3 Å². The second-order valence-electron chi connectivity index (χ2n) is 13.3. The maximum atomic E-state index is 14.8. The largest absolute Gasteiger partial charge is 0.467 e. The van der Waals surface area contributed by atoms with Crippen LogP contribution < -0.4 is 0 Å². The summed E-state index contributed by atoms with van der Waals surface area (Å²) in [5, 5.41) is 0. The van der Waals surface area contributed by atoms with Crippen molar-refractivity contribution in [1.82, 2.24) is 0 Å². The predicted octanol–water partition coefficient (Wildman–Crippen LogP) is 6.75. The fraction of sp³-hybridized carbons (Fsp3) is 0.968. The molecule has 0 heterocycles. The molecule has 4 saturated carbocycles. The van der Waals surface area contributed by atoms with Crippen molar-refractivity contribution in [2.75, 3.05) is 28.4 Å². The second-order valence-corrected chi connectivity index (χ2v) is 13.3. The Balaban J connectivity index is 1.73. The summed E-state index contributed by atoms with van der Waals surface area (Å²) >= 11 is 0. The molecule has 4 aliphatic rings. The number of ether oxygens (including phenoxy) is 5. The highest BCUT2D eigenvalue weighted by Gasteiger charge is 2.66. The molecule has 0 aromatic carbocycles. The lowest BCUT2D eigenvalue weighted by Crippen LogP contribution is -2.62. The van der Waals surface area contributed by atoms with E-state index in [2.05, 4.69) is 27.7 Å². The normalized spacial score (nSPS) is 42.5. The van der Waals surface area contributed by atoms with Crippen LogP contribution in [0.15, 0.2) is 0 Å². The standard InChI is InChI=1S/C31H53FO6/c1-9-20-17-21-24-14-13-22(19(2)16-26(32)28(33)34-5)30(24,4)27(38-31(35-6,36-7)37-8)18-25(21)29(3)15-11-10-12-23(20)29/h19-27H,9-18H2,1-8H3/t19-,20+,21+,22-,23+,24+,25+,26-,27+,29+,30-/m1/s1.